The van der Waals surface area contributed by atoms with E-state index in [0.717, 1.165) is 30.8 Å². The van der Waals surface area contributed by atoms with Crippen molar-refractivity contribution < 1.29 is 4.74 Å². The van der Waals surface area contributed by atoms with Crippen LogP contribution in [0.3, 0.4) is 0 Å². The molecule has 0 radical (unpaired) electrons. The van der Waals surface area contributed by atoms with E-state index in [0.29, 0.717) is 5.82 Å². The standard InChI is InChI=1S/C12H16N4O/c1-17-7-3-6-16-9-14-12(15-16)10-4-2-5-11(13)8-10/h2,4-5,8-9H,3,6-7,13H2,1H3. The topological polar surface area (TPSA) is 66.0 Å². The first-order valence-electron chi connectivity index (χ1n) is 5.54. The van der Waals surface area contributed by atoms with Gasteiger partial charge in [-0.25, -0.2) is 4.98 Å². The lowest BCUT2D eigenvalue weighted by molar-refractivity contribution is 0.189. The van der Waals surface area contributed by atoms with Crippen molar-refractivity contribution in [2.45, 2.75) is 13.0 Å². The summed E-state index contributed by atoms with van der Waals surface area (Å²) in [4.78, 5) is 4.26. The molecule has 5 heteroatoms. The molecule has 5 nitrogen and oxygen atoms in total. The third-order valence-corrected chi connectivity index (χ3v) is 2.42. The van der Waals surface area contributed by atoms with E-state index in [2.05, 4.69) is 10.1 Å². The molecule has 90 valence electrons. The van der Waals surface area contributed by atoms with E-state index in [-0.39, 0.29) is 0 Å². The SMILES string of the molecule is COCCCn1cnc(-c2cccc(N)c2)n1. The highest BCUT2D eigenvalue weighted by Gasteiger charge is 2.04. The minimum Gasteiger partial charge on any atom is -0.399 e. The number of hydrogen-bond acceptors (Lipinski definition) is 4. The maximum atomic E-state index is 5.72. The monoisotopic (exact) mass is 232 g/mol. The summed E-state index contributed by atoms with van der Waals surface area (Å²) >= 11 is 0. The highest BCUT2D eigenvalue weighted by atomic mass is 16.5. The fraction of sp³-hybridized carbons (Fsp3) is 0.333. The zero-order valence-corrected chi connectivity index (χ0v) is 9.84. The van der Waals surface area contributed by atoms with Crippen LogP contribution in [0.4, 0.5) is 5.69 Å². The van der Waals surface area contributed by atoms with Crippen LogP contribution in [0.15, 0.2) is 30.6 Å². The summed E-state index contributed by atoms with van der Waals surface area (Å²) in [6.45, 7) is 1.54. The lowest BCUT2D eigenvalue weighted by Crippen LogP contribution is -2.01. The molecule has 17 heavy (non-hydrogen) atoms. The highest BCUT2D eigenvalue weighted by molar-refractivity contribution is 5.60. The van der Waals surface area contributed by atoms with Crippen LogP contribution in [0, 0.1) is 0 Å². The molecule has 0 spiro atoms. The molecule has 2 rings (SSSR count). The summed E-state index contributed by atoms with van der Waals surface area (Å²) in [6, 6.07) is 7.56. The summed E-state index contributed by atoms with van der Waals surface area (Å²) < 4.78 is 6.81. The van der Waals surface area contributed by atoms with Crippen LogP contribution < -0.4 is 5.73 Å². The van der Waals surface area contributed by atoms with Gasteiger partial charge in [-0.15, -0.1) is 0 Å². The zero-order chi connectivity index (χ0) is 12.1. The van der Waals surface area contributed by atoms with Crippen LogP contribution in [0.1, 0.15) is 6.42 Å². The van der Waals surface area contributed by atoms with Gasteiger partial charge >= 0.3 is 0 Å². The molecule has 0 saturated heterocycles. The van der Waals surface area contributed by atoms with Gasteiger partial charge in [0, 0.05) is 31.5 Å². The molecule has 0 atom stereocenters. The first-order chi connectivity index (χ1) is 8.29. The van der Waals surface area contributed by atoms with Gasteiger partial charge in [0.15, 0.2) is 5.82 Å². The Kier molecular flexibility index (Phi) is 3.72. The van der Waals surface area contributed by atoms with E-state index in [1.165, 1.54) is 0 Å². The Labute approximate surface area is 100 Å². The number of methoxy groups -OCH3 is 1. The molecule has 1 heterocycles. The minimum atomic E-state index is 0.703. The van der Waals surface area contributed by atoms with Crippen molar-refractivity contribution in [1.29, 1.82) is 0 Å². The number of benzene rings is 1. The van der Waals surface area contributed by atoms with Crippen molar-refractivity contribution in [1.82, 2.24) is 14.8 Å². The average molecular weight is 232 g/mol. The quantitative estimate of drug-likeness (QED) is 0.627. The maximum Gasteiger partial charge on any atom is 0.181 e. The largest absolute Gasteiger partial charge is 0.399 e. The number of ether oxygens (including phenoxy) is 1. The Morgan fingerprint density at radius 3 is 3.06 bits per heavy atom. The molecule has 0 unspecified atom stereocenters. The summed E-state index contributed by atoms with van der Waals surface area (Å²) in [5.74, 6) is 0.703. The minimum absolute atomic E-state index is 0.703. The van der Waals surface area contributed by atoms with Crippen LogP contribution >= 0.6 is 0 Å². The lowest BCUT2D eigenvalue weighted by Gasteiger charge is -1.99. The van der Waals surface area contributed by atoms with Crippen LogP contribution in [0.2, 0.25) is 0 Å². The highest BCUT2D eigenvalue weighted by Crippen LogP contribution is 2.16. The molecule has 0 amide bonds. The van der Waals surface area contributed by atoms with E-state index < -0.39 is 0 Å². The predicted molar refractivity (Wildman–Crippen MR) is 66.4 cm³/mol. The number of nitrogen functional groups attached to an aromatic ring is 1. The predicted octanol–water partition coefficient (Wildman–Crippen LogP) is 1.56. The average Bonchev–Trinajstić information content (AvgIpc) is 2.78. The van der Waals surface area contributed by atoms with Gasteiger partial charge in [0.25, 0.3) is 0 Å². The van der Waals surface area contributed by atoms with Gasteiger partial charge in [0.2, 0.25) is 0 Å². The van der Waals surface area contributed by atoms with Gasteiger partial charge in [-0.3, -0.25) is 4.68 Å². The lowest BCUT2D eigenvalue weighted by atomic mass is 10.2. The number of nitrogens with two attached hydrogens (primary N) is 1. The van der Waals surface area contributed by atoms with E-state index in [1.54, 1.807) is 13.4 Å². The van der Waals surface area contributed by atoms with Crippen molar-refractivity contribution >= 4 is 5.69 Å². The van der Waals surface area contributed by atoms with Crippen molar-refractivity contribution in [3.05, 3.63) is 30.6 Å². The molecular weight excluding hydrogens is 216 g/mol. The fourth-order valence-electron chi connectivity index (χ4n) is 1.58. The molecule has 0 aliphatic carbocycles. The summed E-state index contributed by atoms with van der Waals surface area (Å²) in [5, 5.41) is 4.39. The Morgan fingerprint density at radius 1 is 1.41 bits per heavy atom. The Morgan fingerprint density at radius 2 is 2.29 bits per heavy atom. The Hall–Kier alpha value is -1.88. The first kappa shape index (κ1) is 11.6. The van der Waals surface area contributed by atoms with Gasteiger partial charge in [0.05, 0.1) is 0 Å². The second-order valence-electron chi connectivity index (χ2n) is 3.80. The second kappa shape index (κ2) is 5.45. The molecule has 0 saturated carbocycles. The number of hydrogen-bond donors (Lipinski definition) is 1. The van der Waals surface area contributed by atoms with Gasteiger partial charge < -0.3 is 10.5 Å². The molecular formula is C12H16N4O. The van der Waals surface area contributed by atoms with Gasteiger partial charge in [-0.05, 0) is 18.6 Å². The van der Waals surface area contributed by atoms with Crippen LogP contribution in [0.25, 0.3) is 11.4 Å². The van der Waals surface area contributed by atoms with Gasteiger partial charge in [0.1, 0.15) is 6.33 Å². The summed E-state index contributed by atoms with van der Waals surface area (Å²) in [6.07, 6.45) is 2.66. The maximum absolute atomic E-state index is 5.72. The molecule has 2 N–H and O–H groups in total. The van der Waals surface area contributed by atoms with Crippen LogP contribution in [-0.4, -0.2) is 28.5 Å². The smallest absolute Gasteiger partial charge is 0.181 e. The third kappa shape index (κ3) is 3.04. The van der Waals surface area contributed by atoms with Crippen molar-refractivity contribution in [2.24, 2.45) is 0 Å². The number of rotatable bonds is 5. The van der Waals surface area contributed by atoms with E-state index in [9.17, 15) is 0 Å². The molecule has 0 aliphatic rings. The van der Waals surface area contributed by atoms with E-state index >= 15 is 0 Å². The molecule has 1 aromatic heterocycles. The van der Waals surface area contributed by atoms with Crippen LogP contribution in [0.5, 0.6) is 0 Å². The first-order valence-corrected chi connectivity index (χ1v) is 5.54. The molecule has 0 bridgehead atoms. The molecule has 0 aliphatic heterocycles. The second-order valence-corrected chi connectivity index (χ2v) is 3.80. The van der Waals surface area contributed by atoms with Crippen molar-refractivity contribution in [2.75, 3.05) is 19.5 Å². The van der Waals surface area contributed by atoms with Crippen molar-refractivity contribution in [3.63, 3.8) is 0 Å². The number of aromatic nitrogens is 3. The number of nitrogens with zero attached hydrogens (tertiary/aromatic N) is 3. The summed E-state index contributed by atoms with van der Waals surface area (Å²) in [5.41, 5.74) is 7.38. The van der Waals surface area contributed by atoms with Crippen LogP contribution in [-0.2, 0) is 11.3 Å². The normalized spacial score (nSPS) is 10.6. The zero-order valence-electron chi connectivity index (χ0n) is 9.84. The van der Waals surface area contributed by atoms with Gasteiger partial charge in [-0.1, -0.05) is 12.1 Å². The number of anilines is 1. The molecule has 2 aromatic rings. The Bertz CT molecular complexity index is 481. The van der Waals surface area contributed by atoms with Gasteiger partial charge in [-0.2, -0.15) is 5.10 Å². The molecule has 0 fully saturated rings. The Balaban J connectivity index is 2.07. The van der Waals surface area contributed by atoms with E-state index in [1.807, 2.05) is 28.9 Å². The fourth-order valence-corrected chi connectivity index (χ4v) is 1.58. The van der Waals surface area contributed by atoms with E-state index in [4.69, 9.17) is 10.5 Å². The number of aryl methyl sites for hydroxylation is 1. The third-order valence-electron chi connectivity index (χ3n) is 2.42. The van der Waals surface area contributed by atoms with Crippen molar-refractivity contribution in [3.8, 4) is 11.4 Å². The molecule has 1 aromatic carbocycles. The summed E-state index contributed by atoms with van der Waals surface area (Å²) in [7, 11) is 1.69.